The van der Waals surface area contributed by atoms with E-state index in [1.54, 1.807) is 0 Å². The number of benzene rings is 2. The molecule has 0 radical (unpaired) electrons. The smallest absolute Gasteiger partial charge is 0.314 e. The fourth-order valence-corrected chi connectivity index (χ4v) is 2.89. The zero-order valence-corrected chi connectivity index (χ0v) is 11.5. The van der Waals surface area contributed by atoms with E-state index in [0.29, 0.717) is 0 Å². The number of hydrogen-bond donors (Lipinski definition) is 3. The number of fused-ring (bicyclic) bond motifs is 3. The Morgan fingerprint density at radius 3 is 2.50 bits per heavy atom. The van der Waals surface area contributed by atoms with E-state index in [2.05, 4.69) is 9.97 Å². The van der Waals surface area contributed by atoms with Crippen LogP contribution in [0.4, 0.5) is 5.69 Å². The van der Waals surface area contributed by atoms with E-state index in [1.165, 1.54) is 18.2 Å². The average molecular weight is 321 g/mol. The van der Waals surface area contributed by atoms with Crippen molar-refractivity contribution in [2.75, 3.05) is 0 Å². The number of H-pyrrole nitrogens is 2. The normalized spacial score (nSPS) is 12.6. The van der Waals surface area contributed by atoms with Gasteiger partial charge in [0.2, 0.25) is 0 Å². The number of nitro benzene ring substituents is 1. The molecule has 0 aliphatic rings. The van der Waals surface area contributed by atoms with Crippen LogP contribution in [0.15, 0.2) is 38.8 Å². The topological polar surface area (TPSA) is 146 Å². The highest BCUT2D eigenvalue weighted by Crippen LogP contribution is 2.34. The lowest BCUT2D eigenvalue weighted by atomic mass is 10.1. The maximum Gasteiger partial charge on any atom is 0.314 e. The number of rotatable bonds is 2. The molecule has 0 fully saturated rings. The third-order valence-electron chi connectivity index (χ3n) is 3.18. The molecule has 0 spiro atoms. The van der Waals surface area contributed by atoms with Crippen LogP contribution in [-0.2, 0) is 11.1 Å². The zero-order chi connectivity index (χ0) is 16.0. The van der Waals surface area contributed by atoms with Crippen molar-refractivity contribution >= 4 is 38.6 Å². The van der Waals surface area contributed by atoms with Gasteiger partial charge < -0.3 is 14.5 Å². The summed E-state index contributed by atoms with van der Waals surface area (Å²) < 4.78 is 20.7. The maximum absolute atomic E-state index is 11.5. The first-order valence-corrected chi connectivity index (χ1v) is 6.98. The largest absolute Gasteiger partial charge is 0.316 e. The lowest BCUT2D eigenvalue weighted by Crippen LogP contribution is -2.29. The molecule has 22 heavy (non-hydrogen) atoms. The van der Waals surface area contributed by atoms with E-state index >= 15 is 0 Å². The van der Waals surface area contributed by atoms with E-state index < -0.39 is 32.8 Å². The Bertz CT molecular complexity index is 1080. The van der Waals surface area contributed by atoms with E-state index in [1.807, 2.05) is 0 Å². The third kappa shape index (κ3) is 2.01. The number of aromatic nitrogens is 2. The second-order valence-electron chi connectivity index (χ2n) is 4.41. The van der Waals surface area contributed by atoms with Gasteiger partial charge in [-0.05, 0) is 6.07 Å². The maximum atomic E-state index is 11.5. The van der Waals surface area contributed by atoms with Gasteiger partial charge in [-0.25, -0.2) is 4.21 Å². The van der Waals surface area contributed by atoms with E-state index in [0.717, 1.165) is 6.07 Å². The molecule has 2 aromatic carbocycles. The summed E-state index contributed by atoms with van der Waals surface area (Å²) in [5, 5.41) is 11.4. The van der Waals surface area contributed by atoms with Gasteiger partial charge in [-0.3, -0.25) is 19.7 Å². The third-order valence-corrected chi connectivity index (χ3v) is 3.90. The minimum Gasteiger partial charge on any atom is -0.316 e. The quantitative estimate of drug-likeness (QED) is 0.210. The van der Waals surface area contributed by atoms with Crippen molar-refractivity contribution in [3.63, 3.8) is 0 Å². The standard InChI is InChI=1S/C12H7N3O6S/c16-11-12(17)14-10-5-2-1-3-8(22(20)21)9(5)7(15(18)19)4-6(10)13-11/h1-4H,(H,13,16)(H,14,17)(H,20,21). The summed E-state index contributed by atoms with van der Waals surface area (Å²) in [7, 11) is 0. The molecule has 112 valence electrons. The summed E-state index contributed by atoms with van der Waals surface area (Å²) in [6.07, 6.45) is 0. The number of non-ortho nitro benzene ring substituents is 1. The van der Waals surface area contributed by atoms with Gasteiger partial charge in [0.1, 0.15) is 0 Å². The lowest BCUT2D eigenvalue weighted by molar-refractivity contribution is -0.383. The van der Waals surface area contributed by atoms with E-state index in [-0.39, 0.29) is 26.7 Å². The predicted molar refractivity (Wildman–Crippen MR) is 78.4 cm³/mol. The van der Waals surface area contributed by atoms with Crippen molar-refractivity contribution < 1.29 is 13.7 Å². The van der Waals surface area contributed by atoms with Gasteiger partial charge >= 0.3 is 11.1 Å². The van der Waals surface area contributed by atoms with Gasteiger partial charge in [-0.15, -0.1) is 0 Å². The van der Waals surface area contributed by atoms with Gasteiger partial charge in [-0.1, -0.05) is 12.1 Å². The van der Waals surface area contributed by atoms with Crippen LogP contribution in [0, 0.1) is 10.1 Å². The number of nitrogens with zero attached hydrogens (tertiary/aromatic N) is 1. The number of nitro groups is 1. The Kier molecular flexibility index (Phi) is 3.11. The lowest BCUT2D eigenvalue weighted by Gasteiger charge is -2.07. The van der Waals surface area contributed by atoms with Crippen molar-refractivity contribution in [2.24, 2.45) is 0 Å². The van der Waals surface area contributed by atoms with Crippen molar-refractivity contribution in [3.8, 4) is 0 Å². The molecule has 1 heterocycles. The van der Waals surface area contributed by atoms with Crippen molar-refractivity contribution in [1.82, 2.24) is 9.97 Å². The Morgan fingerprint density at radius 2 is 1.86 bits per heavy atom. The molecule has 3 rings (SSSR count). The van der Waals surface area contributed by atoms with Gasteiger partial charge in [0.05, 0.1) is 26.2 Å². The Balaban J connectivity index is 2.68. The minimum atomic E-state index is -2.45. The SMILES string of the molecule is O=c1[nH]c2cc([N+](=O)[O-])c3c(S(=O)O)cccc3c2[nH]c1=O. The summed E-state index contributed by atoms with van der Waals surface area (Å²) in [5.41, 5.74) is -2.09. The first-order chi connectivity index (χ1) is 10.4. The van der Waals surface area contributed by atoms with Gasteiger partial charge in [0.25, 0.3) is 5.69 Å². The molecule has 0 saturated carbocycles. The molecule has 0 saturated heterocycles. The minimum absolute atomic E-state index is 0.0599. The second kappa shape index (κ2) is 4.86. The highest BCUT2D eigenvalue weighted by atomic mass is 32.2. The number of hydrogen-bond acceptors (Lipinski definition) is 5. The highest BCUT2D eigenvalue weighted by Gasteiger charge is 2.21. The molecular formula is C12H7N3O6S. The zero-order valence-electron chi connectivity index (χ0n) is 10.7. The molecule has 9 nitrogen and oxygen atoms in total. The van der Waals surface area contributed by atoms with E-state index in [9.17, 15) is 28.5 Å². The van der Waals surface area contributed by atoms with Crippen molar-refractivity contribution in [3.05, 3.63) is 55.1 Å². The molecule has 10 heteroatoms. The molecule has 3 N–H and O–H groups in total. The molecule has 0 aliphatic carbocycles. The molecule has 3 aromatic rings. The highest BCUT2D eigenvalue weighted by molar-refractivity contribution is 7.79. The molecule has 1 aromatic heterocycles. The predicted octanol–water partition coefficient (Wildman–Crippen LogP) is 0.858. The van der Waals surface area contributed by atoms with Gasteiger partial charge in [0.15, 0.2) is 11.1 Å². The Labute approximate surface area is 123 Å². The van der Waals surface area contributed by atoms with Gasteiger partial charge in [0, 0.05) is 11.5 Å². The second-order valence-corrected chi connectivity index (χ2v) is 5.35. The van der Waals surface area contributed by atoms with Crippen LogP contribution < -0.4 is 11.1 Å². The first-order valence-electron chi connectivity index (χ1n) is 5.87. The number of aromatic amines is 2. The van der Waals surface area contributed by atoms with Crippen LogP contribution in [0.2, 0.25) is 0 Å². The van der Waals surface area contributed by atoms with Crippen LogP contribution in [0.1, 0.15) is 0 Å². The molecular weight excluding hydrogens is 314 g/mol. The van der Waals surface area contributed by atoms with Crippen LogP contribution in [-0.4, -0.2) is 23.7 Å². The summed E-state index contributed by atoms with van der Waals surface area (Å²) in [4.78, 5) is 37.8. The summed E-state index contributed by atoms with van der Waals surface area (Å²) in [6, 6.07) is 5.21. The first kappa shape index (κ1) is 14.1. The molecule has 0 amide bonds. The van der Waals surface area contributed by atoms with Crippen LogP contribution in [0.3, 0.4) is 0 Å². The molecule has 1 atom stereocenters. The van der Waals surface area contributed by atoms with Crippen molar-refractivity contribution in [2.45, 2.75) is 4.90 Å². The summed E-state index contributed by atoms with van der Waals surface area (Å²) >= 11 is -2.45. The number of nitrogens with one attached hydrogen (secondary N) is 2. The summed E-state index contributed by atoms with van der Waals surface area (Å²) in [5.74, 6) is 0. The van der Waals surface area contributed by atoms with Crippen LogP contribution in [0.5, 0.6) is 0 Å². The van der Waals surface area contributed by atoms with E-state index in [4.69, 9.17) is 0 Å². The molecule has 1 unspecified atom stereocenters. The summed E-state index contributed by atoms with van der Waals surface area (Å²) in [6.45, 7) is 0. The fraction of sp³-hybridized carbons (Fsp3) is 0. The molecule has 0 aliphatic heterocycles. The van der Waals surface area contributed by atoms with Crippen molar-refractivity contribution in [1.29, 1.82) is 0 Å². The fourth-order valence-electron chi connectivity index (χ4n) is 2.30. The molecule has 0 bridgehead atoms. The van der Waals surface area contributed by atoms with Gasteiger partial charge in [-0.2, -0.15) is 0 Å². The average Bonchev–Trinajstić information content (AvgIpc) is 2.47. The monoisotopic (exact) mass is 321 g/mol. The Hall–Kier alpha value is -2.85. The van der Waals surface area contributed by atoms with Crippen LogP contribution in [0.25, 0.3) is 21.8 Å². The Morgan fingerprint density at radius 1 is 1.18 bits per heavy atom. The van der Waals surface area contributed by atoms with Crippen LogP contribution >= 0.6 is 0 Å².